The number of carbonyl (C=O) groups excluding carboxylic acids is 1. The normalized spacial score (nSPS) is 11.2. The number of carbonyl (C=O) groups is 1. The number of benzene rings is 1. The Morgan fingerprint density at radius 2 is 1.83 bits per heavy atom. The highest BCUT2D eigenvalue weighted by molar-refractivity contribution is 7.88. The molecule has 1 aromatic carbocycles. The number of hydrogen-bond acceptors (Lipinski definition) is 4. The Morgan fingerprint density at radius 3 is 2.52 bits per heavy atom. The first-order chi connectivity index (χ1) is 11.0. The van der Waals surface area contributed by atoms with Gasteiger partial charge in [0.25, 0.3) is 0 Å². The van der Waals surface area contributed by atoms with Gasteiger partial charge in [-0.25, -0.2) is 13.1 Å². The van der Waals surface area contributed by atoms with E-state index in [0.29, 0.717) is 17.1 Å². The summed E-state index contributed by atoms with van der Waals surface area (Å²) in [7, 11) is -3.64. The van der Waals surface area contributed by atoms with Crippen molar-refractivity contribution in [3.63, 3.8) is 0 Å². The molecular weight excluding hydrogens is 338 g/mol. The third kappa shape index (κ3) is 5.97. The minimum Gasteiger partial charge on any atom is -0.351 e. The van der Waals surface area contributed by atoms with E-state index in [-0.39, 0.29) is 12.3 Å². The van der Waals surface area contributed by atoms with Crippen LogP contribution in [0, 0.1) is 0 Å². The van der Waals surface area contributed by atoms with Crippen LogP contribution < -0.4 is 10.0 Å². The number of amides is 1. The van der Waals surface area contributed by atoms with Gasteiger partial charge in [0.1, 0.15) is 0 Å². The van der Waals surface area contributed by atoms with Gasteiger partial charge in [0.2, 0.25) is 15.9 Å². The van der Waals surface area contributed by atoms with E-state index in [9.17, 15) is 13.2 Å². The second-order valence-corrected chi connectivity index (χ2v) is 7.02. The number of hydrogen-bond donors (Lipinski definition) is 2. The molecule has 1 aromatic heterocycles. The molecule has 2 rings (SSSR count). The standard InChI is InChI=1S/C15H16ClN3O3S/c16-14-4-2-1-3-13(14)11-23(21,22)19-10-15(20)18-9-12-5-7-17-8-6-12/h1-8,19H,9-11H2,(H,18,20). The zero-order valence-electron chi connectivity index (χ0n) is 12.2. The minimum atomic E-state index is -3.64. The number of halogens is 1. The molecule has 0 saturated carbocycles. The van der Waals surface area contributed by atoms with Crippen molar-refractivity contribution < 1.29 is 13.2 Å². The monoisotopic (exact) mass is 353 g/mol. The van der Waals surface area contributed by atoms with Crippen LogP contribution in [0.1, 0.15) is 11.1 Å². The van der Waals surface area contributed by atoms with E-state index < -0.39 is 15.9 Å². The lowest BCUT2D eigenvalue weighted by molar-refractivity contribution is -0.120. The lowest BCUT2D eigenvalue weighted by Crippen LogP contribution is -2.37. The van der Waals surface area contributed by atoms with Crippen molar-refractivity contribution in [2.45, 2.75) is 12.3 Å². The molecule has 0 saturated heterocycles. The molecule has 0 aliphatic heterocycles. The predicted octanol–water partition coefficient (Wildman–Crippen LogP) is 1.47. The Bertz CT molecular complexity index is 767. The van der Waals surface area contributed by atoms with Crippen LogP contribution in [0.5, 0.6) is 0 Å². The Morgan fingerprint density at radius 1 is 1.13 bits per heavy atom. The quantitative estimate of drug-likeness (QED) is 0.789. The van der Waals surface area contributed by atoms with Gasteiger partial charge in [-0.2, -0.15) is 0 Å². The van der Waals surface area contributed by atoms with Crippen molar-refractivity contribution in [2.75, 3.05) is 6.54 Å². The fraction of sp³-hybridized carbons (Fsp3) is 0.200. The Labute approximate surface area is 139 Å². The van der Waals surface area contributed by atoms with Crippen LogP contribution >= 0.6 is 11.6 Å². The molecule has 6 nitrogen and oxygen atoms in total. The maximum atomic E-state index is 12.0. The molecule has 0 aliphatic carbocycles. The third-order valence-electron chi connectivity index (χ3n) is 3.00. The molecule has 0 fully saturated rings. The molecule has 23 heavy (non-hydrogen) atoms. The molecule has 2 N–H and O–H groups in total. The first kappa shape index (κ1) is 17.4. The van der Waals surface area contributed by atoms with Gasteiger partial charge in [0.15, 0.2) is 0 Å². The number of aromatic nitrogens is 1. The molecule has 0 aliphatic rings. The average molecular weight is 354 g/mol. The molecule has 0 spiro atoms. The van der Waals surface area contributed by atoms with E-state index in [1.54, 1.807) is 48.8 Å². The summed E-state index contributed by atoms with van der Waals surface area (Å²) in [5.41, 5.74) is 1.37. The largest absolute Gasteiger partial charge is 0.351 e. The summed E-state index contributed by atoms with van der Waals surface area (Å²) in [6.07, 6.45) is 3.24. The maximum Gasteiger partial charge on any atom is 0.235 e. The highest BCUT2D eigenvalue weighted by Gasteiger charge is 2.15. The maximum absolute atomic E-state index is 12.0. The fourth-order valence-corrected chi connectivity index (χ4v) is 3.21. The summed E-state index contributed by atoms with van der Waals surface area (Å²) in [4.78, 5) is 15.6. The second kappa shape index (κ2) is 8.05. The van der Waals surface area contributed by atoms with Gasteiger partial charge in [0, 0.05) is 24.0 Å². The molecular formula is C15H16ClN3O3S. The number of nitrogens with zero attached hydrogens (tertiary/aromatic N) is 1. The first-order valence-corrected chi connectivity index (χ1v) is 8.86. The van der Waals surface area contributed by atoms with Crippen LogP contribution in [-0.2, 0) is 27.1 Å². The molecule has 0 bridgehead atoms. The van der Waals surface area contributed by atoms with E-state index in [0.717, 1.165) is 5.56 Å². The van der Waals surface area contributed by atoms with Crippen LogP contribution in [0.15, 0.2) is 48.8 Å². The van der Waals surface area contributed by atoms with Gasteiger partial charge >= 0.3 is 0 Å². The summed E-state index contributed by atoms with van der Waals surface area (Å²) in [5, 5.41) is 3.00. The predicted molar refractivity (Wildman–Crippen MR) is 88.2 cm³/mol. The fourth-order valence-electron chi connectivity index (χ4n) is 1.81. The number of sulfonamides is 1. The van der Waals surface area contributed by atoms with Gasteiger partial charge in [-0.3, -0.25) is 9.78 Å². The Hall–Kier alpha value is -1.96. The zero-order chi connectivity index (χ0) is 16.7. The van der Waals surface area contributed by atoms with Crippen LogP contribution in [0.2, 0.25) is 5.02 Å². The molecule has 0 unspecified atom stereocenters. The SMILES string of the molecule is O=C(CNS(=O)(=O)Cc1ccccc1Cl)NCc1ccncc1. The summed E-state index contributed by atoms with van der Waals surface area (Å²) in [5.74, 6) is -0.686. The van der Waals surface area contributed by atoms with Gasteiger partial charge in [-0.05, 0) is 29.3 Å². The van der Waals surface area contributed by atoms with Gasteiger partial charge in [-0.1, -0.05) is 29.8 Å². The van der Waals surface area contributed by atoms with Crippen LogP contribution in [-0.4, -0.2) is 25.9 Å². The van der Waals surface area contributed by atoms with Crippen molar-refractivity contribution in [3.05, 3.63) is 64.9 Å². The van der Waals surface area contributed by atoms with E-state index in [1.165, 1.54) is 0 Å². The van der Waals surface area contributed by atoms with Gasteiger partial charge in [-0.15, -0.1) is 0 Å². The van der Waals surface area contributed by atoms with Crippen molar-refractivity contribution in [3.8, 4) is 0 Å². The van der Waals surface area contributed by atoms with E-state index in [1.807, 2.05) is 0 Å². The summed E-state index contributed by atoms with van der Waals surface area (Å²) < 4.78 is 26.2. The van der Waals surface area contributed by atoms with Gasteiger partial charge in [0.05, 0.1) is 12.3 Å². The molecule has 8 heteroatoms. The molecule has 1 heterocycles. The summed E-state index contributed by atoms with van der Waals surface area (Å²) >= 11 is 5.93. The van der Waals surface area contributed by atoms with E-state index >= 15 is 0 Å². The Kier molecular flexibility index (Phi) is 6.09. The number of rotatable bonds is 7. The average Bonchev–Trinajstić information content (AvgIpc) is 2.54. The smallest absolute Gasteiger partial charge is 0.235 e. The lowest BCUT2D eigenvalue weighted by Gasteiger charge is -2.09. The molecule has 1 amide bonds. The van der Waals surface area contributed by atoms with Crippen molar-refractivity contribution in [1.29, 1.82) is 0 Å². The Balaban J connectivity index is 1.82. The summed E-state index contributed by atoms with van der Waals surface area (Å²) in [6, 6.07) is 10.2. The number of nitrogens with one attached hydrogen (secondary N) is 2. The van der Waals surface area contributed by atoms with E-state index in [4.69, 9.17) is 11.6 Å². The van der Waals surface area contributed by atoms with Gasteiger partial charge < -0.3 is 5.32 Å². The van der Waals surface area contributed by atoms with Crippen molar-refractivity contribution >= 4 is 27.5 Å². The van der Waals surface area contributed by atoms with Crippen LogP contribution in [0.3, 0.4) is 0 Å². The first-order valence-electron chi connectivity index (χ1n) is 6.82. The highest BCUT2D eigenvalue weighted by atomic mass is 35.5. The lowest BCUT2D eigenvalue weighted by atomic mass is 10.2. The van der Waals surface area contributed by atoms with Crippen LogP contribution in [0.25, 0.3) is 0 Å². The molecule has 0 radical (unpaired) electrons. The van der Waals surface area contributed by atoms with Crippen molar-refractivity contribution in [1.82, 2.24) is 15.0 Å². The van der Waals surface area contributed by atoms with Crippen molar-refractivity contribution in [2.24, 2.45) is 0 Å². The van der Waals surface area contributed by atoms with E-state index in [2.05, 4.69) is 15.0 Å². The minimum absolute atomic E-state index is 0.274. The molecule has 122 valence electrons. The second-order valence-electron chi connectivity index (χ2n) is 4.80. The topological polar surface area (TPSA) is 88.2 Å². The number of pyridine rings is 1. The third-order valence-corrected chi connectivity index (χ3v) is 4.64. The zero-order valence-corrected chi connectivity index (χ0v) is 13.8. The molecule has 2 aromatic rings. The highest BCUT2D eigenvalue weighted by Crippen LogP contribution is 2.16. The summed E-state index contributed by atoms with van der Waals surface area (Å²) in [6.45, 7) is -0.00847. The molecule has 0 atom stereocenters. The van der Waals surface area contributed by atoms with Crippen LogP contribution in [0.4, 0.5) is 0 Å².